The fraction of sp³-hybridized carbons (Fsp3) is 0.500. The smallest absolute Gasteiger partial charge is 0.311 e. The molecule has 0 amide bonds. The number of aromatic amines is 1. The molecular formula is C16H18N4O9S. The van der Waals surface area contributed by atoms with E-state index >= 15 is 0 Å². The lowest BCUT2D eigenvalue weighted by Crippen LogP contribution is -2.41. The molecule has 1 aliphatic rings. The first-order valence-corrected chi connectivity index (χ1v) is 9.44. The van der Waals surface area contributed by atoms with E-state index < -0.39 is 52.9 Å². The fourth-order valence-electron chi connectivity index (χ4n) is 3.07. The highest BCUT2D eigenvalue weighted by atomic mass is 32.1. The number of nitrogen functional groups attached to an aromatic ring is 1. The number of nitrogens with zero attached hydrogens (tertiary/aromatic N) is 2. The van der Waals surface area contributed by atoms with Crippen LogP contribution in [0.4, 0.5) is 5.95 Å². The second-order valence-corrected chi connectivity index (χ2v) is 7.32. The Hall–Kier alpha value is -3.26. The zero-order valence-electron chi connectivity index (χ0n) is 16.1. The van der Waals surface area contributed by atoms with Crippen LogP contribution in [0.1, 0.15) is 27.0 Å². The molecule has 3 rings (SSSR count). The van der Waals surface area contributed by atoms with Crippen molar-refractivity contribution in [1.82, 2.24) is 14.5 Å². The lowest BCUT2D eigenvalue weighted by molar-refractivity contribution is -0.166. The number of rotatable bonds is 5. The van der Waals surface area contributed by atoms with Crippen LogP contribution in [0.25, 0.3) is 10.3 Å². The minimum atomic E-state index is -1.33. The number of carbonyl (C=O) groups excluding carboxylic acids is 3. The summed E-state index contributed by atoms with van der Waals surface area (Å²) in [6.07, 6.45) is -4.87. The van der Waals surface area contributed by atoms with Gasteiger partial charge >= 0.3 is 22.8 Å². The van der Waals surface area contributed by atoms with Gasteiger partial charge in [-0.05, 0) is 0 Å². The maximum Gasteiger partial charge on any atom is 0.311 e. The van der Waals surface area contributed by atoms with Gasteiger partial charge in [0, 0.05) is 20.8 Å². The van der Waals surface area contributed by atoms with Crippen LogP contribution < -0.4 is 16.2 Å². The summed E-state index contributed by atoms with van der Waals surface area (Å²) in [5, 5.41) is 0. The van der Waals surface area contributed by atoms with Crippen LogP contribution in [-0.2, 0) is 33.3 Å². The molecule has 0 aromatic carbocycles. The Labute approximate surface area is 171 Å². The highest BCUT2D eigenvalue weighted by molar-refractivity contribution is 7.16. The molecule has 13 nitrogen and oxygen atoms in total. The Kier molecular flexibility index (Phi) is 5.89. The number of H-pyrrole nitrogens is 1. The molecule has 162 valence electrons. The van der Waals surface area contributed by atoms with Gasteiger partial charge < -0.3 is 24.7 Å². The number of esters is 3. The van der Waals surface area contributed by atoms with Crippen molar-refractivity contribution in [3.63, 3.8) is 0 Å². The molecule has 2 aromatic heterocycles. The summed E-state index contributed by atoms with van der Waals surface area (Å²) in [5.74, 6) is -2.31. The number of hydrogen-bond donors (Lipinski definition) is 2. The minimum absolute atomic E-state index is 0.0214. The van der Waals surface area contributed by atoms with Crippen molar-refractivity contribution in [3.05, 3.63) is 20.0 Å². The van der Waals surface area contributed by atoms with Gasteiger partial charge in [-0.2, -0.15) is 4.98 Å². The predicted octanol–water partition coefficient (Wildman–Crippen LogP) is -0.948. The summed E-state index contributed by atoms with van der Waals surface area (Å²) in [6.45, 7) is 3.09. The SMILES string of the molecule is CC(=O)OC[C@H]1O[C@@H](n2c(=O)sc3c(=O)[nH]c(N)nc32)C(OC(C)=O)[C@@H]1OC(C)=O. The van der Waals surface area contributed by atoms with Gasteiger partial charge in [0.25, 0.3) is 5.56 Å². The highest BCUT2D eigenvalue weighted by Crippen LogP contribution is 2.35. The van der Waals surface area contributed by atoms with E-state index in [2.05, 4.69) is 9.97 Å². The number of ether oxygens (including phenoxy) is 4. The Morgan fingerprint density at radius 1 is 1.13 bits per heavy atom. The summed E-state index contributed by atoms with van der Waals surface area (Å²) in [6, 6.07) is 0. The Balaban J connectivity index is 2.13. The number of fused-ring (bicyclic) bond motifs is 1. The third-order valence-electron chi connectivity index (χ3n) is 4.09. The topological polar surface area (TPSA) is 182 Å². The molecule has 0 bridgehead atoms. The number of anilines is 1. The molecular weight excluding hydrogens is 424 g/mol. The molecule has 3 heterocycles. The zero-order valence-corrected chi connectivity index (χ0v) is 16.9. The molecule has 4 atom stereocenters. The van der Waals surface area contributed by atoms with Crippen LogP contribution in [0.3, 0.4) is 0 Å². The van der Waals surface area contributed by atoms with Gasteiger partial charge in [-0.1, -0.05) is 11.3 Å². The van der Waals surface area contributed by atoms with Gasteiger partial charge in [-0.15, -0.1) is 0 Å². The third-order valence-corrected chi connectivity index (χ3v) is 5.03. The van der Waals surface area contributed by atoms with Gasteiger partial charge in [0.05, 0.1) is 0 Å². The first-order valence-electron chi connectivity index (χ1n) is 8.62. The zero-order chi connectivity index (χ0) is 22.2. The maximum absolute atomic E-state index is 12.7. The second kappa shape index (κ2) is 8.23. The number of aromatic nitrogens is 3. The number of nitrogens with two attached hydrogens (primary N) is 1. The number of carbonyl (C=O) groups is 3. The summed E-state index contributed by atoms with van der Waals surface area (Å²) >= 11 is 0.588. The van der Waals surface area contributed by atoms with Crippen LogP contribution in [0.2, 0.25) is 0 Å². The van der Waals surface area contributed by atoms with Crippen molar-refractivity contribution in [2.45, 2.75) is 45.3 Å². The number of thiazole rings is 1. The Morgan fingerprint density at radius 3 is 2.37 bits per heavy atom. The molecule has 3 N–H and O–H groups in total. The standard InChI is InChI=1S/C16H18N4O9S/c1-5(21)26-4-8-9(27-6(2)22)10(28-7(3)23)14(29-8)20-12-11(30-16(20)25)13(24)19-15(17)18-12/h8-10,14H,4H2,1-3H3,(H3,17,18,19,24)/t8-,9-,10?,14-/m1/s1. The van der Waals surface area contributed by atoms with E-state index in [0.717, 1.165) is 18.4 Å². The van der Waals surface area contributed by atoms with Crippen molar-refractivity contribution < 1.29 is 33.3 Å². The van der Waals surface area contributed by atoms with Gasteiger partial charge in [-0.25, -0.2) is 0 Å². The molecule has 1 saturated heterocycles. The minimum Gasteiger partial charge on any atom is -0.463 e. The van der Waals surface area contributed by atoms with Gasteiger partial charge in [0.2, 0.25) is 5.95 Å². The lowest BCUT2D eigenvalue weighted by atomic mass is 10.1. The van der Waals surface area contributed by atoms with E-state index in [4.69, 9.17) is 24.7 Å². The summed E-state index contributed by atoms with van der Waals surface area (Å²) < 4.78 is 22.2. The van der Waals surface area contributed by atoms with Crippen molar-refractivity contribution >= 4 is 45.5 Å². The molecule has 0 saturated carbocycles. The largest absolute Gasteiger partial charge is 0.463 e. The lowest BCUT2D eigenvalue weighted by Gasteiger charge is -2.23. The van der Waals surface area contributed by atoms with Crippen molar-refractivity contribution in [2.24, 2.45) is 0 Å². The Morgan fingerprint density at radius 2 is 1.77 bits per heavy atom. The van der Waals surface area contributed by atoms with Crippen LogP contribution >= 0.6 is 11.3 Å². The van der Waals surface area contributed by atoms with Crippen LogP contribution in [0.5, 0.6) is 0 Å². The monoisotopic (exact) mass is 442 g/mol. The number of hydrogen-bond acceptors (Lipinski definition) is 12. The molecule has 0 aliphatic carbocycles. The van der Waals surface area contributed by atoms with Crippen LogP contribution in [-0.4, -0.2) is 57.4 Å². The average molecular weight is 442 g/mol. The van der Waals surface area contributed by atoms with E-state index in [1.807, 2.05) is 0 Å². The van der Waals surface area contributed by atoms with Crippen molar-refractivity contribution in [2.75, 3.05) is 12.3 Å². The van der Waals surface area contributed by atoms with E-state index in [0.29, 0.717) is 11.3 Å². The summed E-state index contributed by atoms with van der Waals surface area (Å²) in [4.78, 5) is 64.9. The molecule has 2 aromatic rings. The van der Waals surface area contributed by atoms with Crippen molar-refractivity contribution in [3.8, 4) is 0 Å². The fourth-order valence-corrected chi connectivity index (χ4v) is 3.91. The molecule has 0 radical (unpaired) electrons. The summed E-state index contributed by atoms with van der Waals surface area (Å²) in [5.41, 5.74) is 4.86. The Bertz CT molecular complexity index is 1120. The van der Waals surface area contributed by atoms with E-state index in [1.165, 1.54) is 6.92 Å². The predicted molar refractivity (Wildman–Crippen MR) is 101 cm³/mol. The summed E-state index contributed by atoms with van der Waals surface area (Å²) in [7, 11) is 0. The van der Waals surface area contributed by atoms with Gasteiger partial charge in [-0.3, -0.25) is 33.5 Å². The van der Waals surface area contributed by atoms with E-state index in [1.54, 1.807) is 0 Å². The first kappa shape index (κ1) is 21.4. The molecule has 30 heavy (non-hydrogen) atoms. The third kappa shape index (κ3) is 4.18. The van der Waals surface area contributed by atoms with Gasteiger partial charge in [0.1, 0.15) is 17.4 Å². The first-order chi connectivity index (χ1) is 14.1. The van der Waals surface area contributed by atoms with E-state index in [-0.39, 0.29) is 22.9 Å². The second-order valence-electron chi connectivity index (χ2n) is 6.36. The quantitative estimate of drug-likeness (QED) is 0.430. The molecule has 14 heteroatoms. The average Bonchev–Trinajstić information content (AvgIpc) is 3.10. The normalized spacial score (nSPS) is 23.3. The van der Waals surface area contributed by atoms with Crippen molar-refractivity contribution in [1.29, 1.82) is 0 Å². The highest BCUT2D eigenvalue weighted by Gasteiger charge is 2.51. The molecule has 1 aliphatic heterocycles. The molecule has 1 fully saturated rings. The molecule has 1 unspecified atom stereocenters. The molecule has 0 spiro atoms. The van der Waals surface area contributed by atoms with Gasteiger partial charge in [0.15, 0.2) is 24.1 Å². The van der Waals surface area contributed by atoms with Crippen LogP contribution in [0.15, 0.2) is 9.59 Å². The van der Waals surface area contributed by atoms with E-state index in [9.17, 15) is 24.0 Å². The van der Waals surface area contributed by atoms with Crippen LogP contribution in [0, 0.1) is 0 Å². The number of nitrogens with one attached hydrogen (secondary N) is 1. The maximum atomic E-state index is 12.7.